The first-order valence-corrected chi connectivity index (χ1v) is 11.3. The van der Waals surface area contributed by atoms with Crippen molar-refractivity contribution in [2.24, 2.45) is 0 Å². The number of amides is 1. The molecule has 5 nitrogen and oxygen atoms in total. The van der Waals surface area contributed by atoms with Crippen molar-refractivity contribution in [1.82, 2.24) is 4.90 Å². The zero-order valence-corrected chi connectivity index (χ0v) is 18.5. The van der Waals surface area contributed by atoms with Crippen LogP contribution in [0, 0.1) is 0 Å². The molecule has 2 atom stereocenters. The molecule has 0 radical (unpaired) electrons. The molecule has 166 valence electrons. The van der Waals surface area contributed by atoms with Crippen molar-refractivity contribution in [3.63, 3.8) is 0 Å². The van der Waals surface area contributed by atoms with Gasteiger partial charge < -0.3 is 14.7 Å². The summed E-state index contributed by atoms with van der Waals surface area (Å²) in [6.45, 7) is 4.41. The standard InChI is InChI=1S/C26H33NO4/c1-3-8-26(30)27-16-15-21(28)17-24(27)23-14-13-22(18-25(23)29)31-19(2)9-7-12-20-10-5-4-6-11-20/h4-6,10-11,13-14,18-19,24,29H,3,7-9,12,15-17H2,1-2H3. The van der Waals surface area contributed by atoms with E-state index in [-0.39, 0.29) is 30.0 Å². The summed E-state index contributed by atoms with van der Waals surface area (Å²) in [5.74, 6) is 0.828. The minimum Gasteiger partial charge on any atom is -0.507 e. The van der Waals surface area contributed by atoms with Crippen molar-refractivity contribution in [1.29, 1.82) is 0 Å². The number of benzene rings is 2. The number of Topliss-reactive ketones (excluding diaryl/α,β-unsaturated/α-hetero) is 1. The molecule has 0 bridgehead atoms. The molecule has 2 aromatic rings. The lowest BCUT2D eigenvalue weighted by atomic mass is 9.93. The molecule has 1 saturated heterocycles. The van der Waals surface area contributed by atoms with Crippen molar-refractivity contribution in [3.8, 4) is 11.5 Å². The van der Waals surface area contributed by atoms with Gasteiger partial charge in [0.1, 0.15) is 17.3 Å². The van der Waals surface area contributed by atoms with Gasteiger partial charge in [-0.05, 0) is 50.3 Å². The lowest BCUT2D eigenvalue weighted by molar-refractivity contribution is -0.138. The molecule has 2 unspecified atom stereocenters. The van der Waals surface area contributed by atoms with Crippen LogP contribution in [0.1, 0.15) is 69.5 Å². The zero-order chi connectivity index (χ0) is 22.2. The molecule has 1 heterocycles. The Labute approximate surface area is 185 Å². The largest absolute Gasteiger partial charge is 0.507 e. The third-order valence-corrected chi connectivity index (χ3v) is 5.83. The second kappa shape index (κ2) is 11.0. The minimum atomic E-state index is -0.405. The fourth-order valence-electron chi connectivity index (χ4n) is 4.17. The second-order valence-corrected chi connectivity index (χ2v) is 8.37. The molecule has 3 rings (SSSR count). The fourth-order valence-corrected chi connectivity index (χ4v) is 4.17. The molecular weight excluding hydrogens is 390 g/mol. The van der Waals surface area contributed by atoms with Crippen LogP contribution >= 0.6 is 0 Å². The summed E-state index contributed by atoms with van der Waals surface area (Å²) >= 11 is 0. The average molecular weight is 424 g/mol. The molecule has 0 saturated carbocycles. The van der Waals surface area contributed by atoms with Crippen LogP contribution in [-0.2, 0) is 16.0 Å². The van der Waals surface area contributed by atoms with E-state index in [4.69, 9.17) is 4.74 Å². The van der Waals surface area contributed by atoms with Gasteiger partial charge in [0.2, 0.25) is 5.91 Å². The van der Waals surface area contributed by atoms with E-state index >= 15 is 0 Å². The van der Waals surface area contributed by atoms with Crippen LogP contribution in [0.3, 0.4) is 0 Å². The van der Waals surface area contributed by atoms with E-state index in [1.807, 2.05) is 26.0 Å². The predicted molar refractivity (Wildman–Crippen MR) is 121 cm³/mol. The van der Waals surface area contributed by atoms with Gasteiger partial charge in [0.15, 0.2) is 0 Å². The average Bonchev–Trinajstić information content (AvgIpc) is 2.74. The van der Waals surface area contributed by atoms with Crippen LogP contribution in [0.2, 0.25) is 0 Å². The fraction of sp³-hybridized carbons (Fsp3) is 0.462. The zero-order valence-electron chi connectivity index (χ0n) is 18.5. The van der Waals surface area contributed by atoms with Gasteiger partial charge in [-0.1, -0.05) is 37.3 Å². The number of phenolic OH excluding ortho intramolecular Hbond substituents is 1. The van der Waals surface area contributed by atoms with Gasteiger partial charge in [-0.3, -0.25) is 9.59 Å². The molecule has 1 aliphatic heterocycles. The maximum absolute atomic E-state index is 12.5. The third-order valence-electron chi connectivity index (χ3n) is 5.83. The first kappa shape index (κ1) is 22.9. The van der Waals surface area contributed by atoms with Gasteiger partial charge >= 0.3 is 0 Å². The summed E-state index contributed by atoms with van der Waals surface area (Å²) in [6, 6.07) is 15.2. The Morgan fingerprint density at radius 1 is 1.23 bits per heavy atom. The van der Waals surface area contributed by atoms with Crippen LogP contribution < -0.4 is 4.74 Å². The van der Waals surface area contributed by atoms with Crippen molar-refractivity contribution in [3.05, 3.63) is 59.7 Å². The van der Waals surface area contributed by atoms with E-state index in [2.05, 4.69) is 24.3 Å². The minimum absolute atomic E-state index is 0.0212. The highest BCUT2D eigenvalue weighted by molar-refractivity contribution is 5.84. The summed E-state index contributed by atoms with van der Waals surface area (Å²) in [5.41, 5.74) is 1.93. The third kappa shape index (κ3) is 6.33. The number of hydrogen-bond donors (Lipinski definition) is 1. The topological polar surface area (TPSA) is 66.8 Å². The number of aromatic hydroxyl groups is 1. The van der Waals surface area contributed by atoms with E-state index in [1.165, 1.54) is 5.56 Å². The van der Waals surface area contributed by atoms with Gasteiger partial charge in [0, 0.05) is 37.4 Å². The van der Waals surface area contributed by atoms with Crippen LogP contribution in [0.5, 0.6) is 11.5 Å². The number of phenols is 1. The Morgan fingerprint density at radius 3 is 2.71 bits per heavy atom. The monoisotopic (exact) mass is 423 g/mol. The maximum Gasteiger partial charge on any atom is 0.223 e. The summed E-state index contributed by atoms with van der Waals surface area (Å²) in [6.07, 6.45) is 4.81. The molecule has 1 amide bonds. The van der Waals surface area contributed by atoms with E-state index in [9.17, 15) is 14.7 Å². The first-order chi connectivity index (χ1) is 15.0. The number of ether oxygens (including phenoxy) is 1. The number of piperidine rings is 1. The molecule has 1 fully saturated rings. The van der Waals surface area contributed by atoms with E-state index in [0.717, 1.165) is 25.7 Å². The molecule has 0 aromatic heterocycles. The molecule has 5 heteroatoms. The lowest BCUT2D eigenvalue weighted by Gasteiger charge is -2.35. The number of likely N-dealkylation sites (tertiary alicyclic amines) is 1. The highest BCUT2D eigenvalue weighted by atomic mass is 16.5. The van der Waals surface area contributed by atoms with Crippen molar-refractivity contribution >= 4 is 11.7 Å². The van der Waals surface area contributed by atoms with Crippen molar-refractivity contribution < 1.29 is 19.4 Å². The van der Waals surface area contributed by atoms with Crippen molar-refractivity contribution in [2.75, 3.05) is 6.54 Å². The number of carbonyl (C=O) groups excluding carboxylic acids is 2. The number of nitrogens with zero attached hydrogens (tertiary/aromatic N) is 1. The van der Waals surface area contributed by atoms with Gasteiger partial charge in [-0.25, -0.2) is 0 Å². The maximum atomic E-state index is 12.5. The van der Waals surface area contributed by atoms with Gasteiger partial charge in [0.25, 0.3) is 0 Å². The van der Waals surface area contributed by atoms with E-state index < -0.39 is 6.04 Å². The summed E-state index contributed by atoms with van der Waals surface area (Å²) < 4.78 is 6.00. The Bertz CT molecular complexity index is 880. The Balaban J connectivity index is 1.61. The van der Waals surface area contributed by atoms with Crippen LogP contribution in [0.25, 0.3) is 0 Å². The predicted octanol–water partition coefficient (Wildman–Crippen LogP) is 5.22. The highest BCUT2D eigenvalue weighted by Crippen LogP contribution is 2.37. The normalized spacial score (nSPS) is 17.4. The lowest BCUT2D eigenvalue weighted by Crippen LogP contribution is -2.41. The number of aryl methyl sites for hydroxylation is 1. The Morgan fingerprint density at radius 2 is 2.00 bits per heavy atom. The number of ketones is 1. The first-order valence-electron chi connectivity index (χ1n) is 11.3. The highest BCUT2D eigenvalue weighted by Gasteiger charge is 2.32. The number of rotatable bonds is 9. The molecule has 2 aromatic carbocycles. The van der Waals surface area contributed by atoms with Crippen LogP contribution in [0.15, 0.2) is 48.5 Å². The molecule has 0 spiro atoms. The second-order valence-electron chi connectivity index (χ2n) is 8.37. The van der Waals surface area contributed by atoms with Crippen molar-refractivity contribution in [2.45, 2.75) is 70.9 Å². The quantitative estimate of drug-likeness (QED) is 0.601. The number of hydrogen-bond acceptors (Lipinski definition) is 4. The Hall–Kier alpha value is -2.82. The molecule has 1 aliphatic rings. The van der Waals surface area contributed by atoms with Crippen LogP contribution in [0.4, 0.5) is 0 Å². The number of carbonyl (C=O) groups is 2. The van der Waals surface area contributed by atoms with E-state index in [0.29, 0.717) is 30.7 Å². The van der Waals surface area contributed by atoms with Gasteiger partial charge in [-0.15, -0.1) is 0 Å². The van der Waals surface area contributed by atoms with E-state index in [1.54, 1.807) is 17.0 Å². The summed E-state index contributed by atoms with van der Waals surface area (Å²) in [7, 11) is 0. The molecule has 31 heavy (non-hydrogen) atoms. The SMILES string of the molecule is CCCC(=O)N1CCC(=O)CC1c1ccc(OC(C)CCCc2ccccc2)cc1O. The summed E-state index contributed by atoms with van der Waals surface area (Å²) in [5, 5.41) is 10.7. The molecule has 1 N–H and O–H groups in total. The Kier molecular flexibility index (Phi) is 8.10. The van der Waals surface area contributed by atoms with Gasteiger partial charge in [0.05, 0.1) is 12.1 Å². The molecular formula is C26H33NO4. The molecule has 0 aliphatic carbocycles. The van der Waals surface area contributed by atoms with Crippen LogP contribution in [-0.4, -0.2) is 34.3 Å². The smallest absolute Gasteiger partial charge is 0.223 e. The summed E-state index contributed by atoms with van der Waals surface area (Å²) in [4.78, 5) is 26.3. The van der Waals surface area contributed by atoms with Gasteiger partial charge in [-0.2, -0.15) is 0 Å².